The molecule has 2 unspecified atom stereocenters. The van der Waals surface area contributed by atoms with Gasteiger partial charge in [0.25, 0.3) is 0 Å². The van der Waals surface area contributed by atoms with Crippen LogP contribution in [-0.2, 0) is 23.5 Å². The van der Waals surface area contributed by atoms with Crippen molar-refractivity contribution in [3.63, 3.8) is 0 Å². The Balaban J connectivity index is 4.56. The lowest BCUT2D eigenvalue weighted by molar-refractivity contribution is -0.204. The Hall–Kier alpha value is 0.160. The van der Waals surface area contributed by atoms with Gasteiger partial charge in [-0.25, -0.2) is 4.39 Å². The summed E-state index contributed by atoms with van der Waals surface area (Å²) in [6, 6.07) is 0. The molecule has 0 aliphatic heterocycles. The van der Waals surface area contributed by atoms with E-state index in [4.69, 9.17) is 23.5 Å². The SMILES string of the molecule is CCCCOCC(O[C@@H](OP)[C@H](C)OCCCC)[C@@H](F)COCCCC. The number of hydrogen-bond donors (Lipinski definition) is 0. The molecule has 0 aromatic carbocycles. The standard InChI is InChI=1S/C19H40FO5P/c1-5-8-11-21-14-17(20)18(15-22-12-9-6-2)24-19(25-26)16(4)23-13-10-7-3/h16-19H,5-15,26H2,1-4H3/t16-,17-,18?,19-/m0/s1. The summed E-state index contributed by atoms with van der Waals surface area (Å²) in [4.78, 5) is 0. The number of ether oxygens (including phenoxy) is 4. The van der Waals surface area contributed by atoms with Crippen LogP contribution in [0.1, 0.15) is 66.2 Å². The van der Waals surface area contributed by atoms with Crippen LogP contribution in [0.3, 0.4) is 0 Å². The molecular formula is C19H40FO5P. The second-order valence-electron chi connectivity index (χ2n) is 6.48. The molecule has 7 heteroatoms. The summed E-state index contributed by atoms with van der Waals surface area (Å²) in [6.45, 7) is 10.1. The third-order valence-corrected chi connectivity index (χ3v) is 4.22. The molecule has 0 radical (unpaired) electrons. The summed E-state index contributed by atoms with van der Waals surface area (Å²) >= 11 is 0. The van der Waals surface area contributed by atoms with Crippen LogP contribution in [0.2, 0.25) is 0 Å². The van der Waals surface area contributed by atoms with Crippen LogP contribution >= 0.6 is 9.47 Å². The van der Waals surface area contributed by atoms with Crippen molar-refractivity contribution in [1.29, 1.82) is 0 Å². The van der Waals surface area contributed by atoms with Gasteiger partial charge in [0, 0.05) is 29.3 Å². The molecule has 5 nitrogen and oxygen atoms in total. The van der Waals surface area contributed by atoms with Gasteiger partial charge in [-0.05, 0) is 26.2 Å². The molecular weight excluding hydrogens is 358 g/mol. The Kier molecular flexibility index (Phi) is 18.6. The van der Waals surface area contributed by atoms with E-state index in [2.05, 4.69) is 30.2 Å². The summed E-state index contributed by atoms with van der Waals surface area (Å²) in [6.07, 6.45) is 2.92. The zero-order valence-electron chi connectivity index (χ0n) is 17.1. The van der Waals surface area contributed by atoms with Crippen molar-refractivity contribution in [3.05, 3.63) is 0 Å². The van der Waals surface area contributed by atoms with Gasteiger partial charge >= 0.3 is 0 Å². The van der Waals surface area contributed by atoms with E-state index in [9.17, 15) is 4.39 Å². The number of rotatable bonds is 19. The smallest absolute Gasteiger partial charge is 0.186 e. The van der Waals surface area contributed by atoms with E-state index >= 15 is 0 Å². The van der Waals surface area contributed by atoms with E-state index in [1.807, 2.05) is 6.92 Å². The average Bonchev–Trinajstić information content (AvgIpc) is 2.64. The van der Waals surface area contributed by atoms with Gasteiger partial charge < -0.3 is 23.5 Å². The van der Waals surface area contributed by atoms with Crippen LogP contribution in [0.15, 0.2) is 0 Å². The van der Waals surface area contributed by atoms with E-state index in [1.165, 1.54) is 0 Å². The van der Waals surface area contributed by atoms with Crippen LogP contribution in [0, 0.1) is 0 Å². The summed E-state index contributed by atoms with van der Waals surface area (Å²) in [7, 11) is 2.18. The van der Waals surface area contributed by atoms with E-state index in [-0.39, 0.29) is 19.3 Å². The lowest BCUT2D eigenvalue weighted by Crippen LogP contribution is -2.41. The summed E-state index contributed by atoms with van der Waals surface area (Å²) in [5.74, 6) is 0. The summed E-state index contributed by atoms with van der Waals surface area (Å²) < 4.78 is 42.5. The fourth-order valence-electron chi connectivity index (χ4n) is 2.14. The molecule has 0 spiro atoms. The molecule has 158 valence electrons. The van der Waals surface area contributed by atoms with Gasteiger partial charge in [0.1, 0.15) is 12.2 Å². The maximum absolute atomic E-state index is 14.6. The second kappa shape index (κ2) is 18.5. The molecule has 0 aliphatic carbocycles. The van der Waals surface area contributed by atoms with Gasteiger partial charge in [-0.15, -0.1) is 0 Å². The molecule has 0 rings (SSSR count). The predicted octanol–water partition coefficient (Wildman–Crippen LogP) is 4.68. The van der Waals surface area contributed by atoms with Gasteiger partial charge in [0.2, 0.25) is 0 Å². The van der Waals surface area contributed by atoms with Crippen LogP contribution in [0.5, 0.6) is 0 Å². The zero-order valence-corrected chi connectivity index (χ0v) is 18.2. The second-order valence-corrected chi connectivity index (χ2v) is 6.75. The maximum Gasteiger partial charge on any atom is 0.186 e. The molecule has 0 bridgehead atoms. The van der Waals surface area contributed by atoms with Gasteiger partial charge in [-0.2, -0.15) is 0 Å². The molecule has 0 N–H and O–H groups in total. The first kappa shape index (κ1) is 26.2. The zero-order chi connectivity index (χ0) is 19.6. The minimum atomic E-state index is -1.28. The monoisotopic (exact) mass is 398 g/mol. The average molecular weight is 398 g/mol. The van der Waals surface area contributed by atoms with Crippen molar-refractivity contribution in [2.45, 2.75) is 90.9 Å². The van der Waals surface area contributed by atoms with Gasteiger partial charge in [-0.1, -0.05) is 40.0 Å². The van der Waals surface area contributed by atoms with E-state index in [0.717, 1.165) is 38.5 Å². The van der Waals surface area contributed by atoms with Crippen molar-refractivity contribution in [3.8, 4) is 0 Å². The first-order valence-corrected chi connectivity index (χ1v) is 10.5. The molecule has 0 saturated heterocycles. The highest BCUT2D eigenvalue weighted by atomic mass is 31.0. The van der Waals surface area contributed by atoms with E-state index in [1.54, 1.807) is 0 Å². The van der Waals surface area contributed by atoms with Crippen molar-refractivity contribution < 1.29 is 27.9 Å². The number of hydrogen-bond acceptors (Lipinski definition) is 5. The first-order valence-electron chi connectivity index (χ1n) is 10.0. The molecule has 0 aromatic rings. The molecule has 5 atom stereocenters. The lowest BCUT2D eigenvalue weighted by atomic mass is 10.2. The highest BCUT2D eigenvalue weighted by Gasteiger charge is 2.29. The topological polar surface area (TPSA) is 46.2 Å². The Morgan fingerprint density at radius 1 is 0.846 bits per heavy atom. The minimum Gasteiger partial charge on any atom is -0.379 e. The fourth-order valence-corrected chi connectivity index (χ4v) is 2.43. The van der Waals surface area contributed by atoms with Crippen LogP contribution in [0.25, 0.3) is 0 Å². The Morgan fingerprint density at radius 2 is 1.38 bits per heavy atom. The van der Waals surface area contributed by atoms with E-state index in [0.29, 0.717) is 19.8 Å². The lowest BCUT2D eigenvalue weighted by Gasteiger charge is -2.29. The Morgan fingerprint density at radius 3 is 1.92 bits per heavy atom. The first-order chi connectivity index (χ1) is 12.6. The highest BCUT2D eigenvalue weighted by Crippen LogP contribution is 2.17. The predicted molar refractivity (Wildman–Crippen MR) is 106 cm³/mol. The van der Waals surface area contributed by atoms with Crippen LogP contribution < -0.4 is 0 Å². The number of alkyl halides is 1. The third-order valence-electron chi connectivity index (χ3n) is 3.95. The molecule has 0 fully saturated rings. The summed E-state index contributed by atoms with van der Waals surface area (Å²) in [5, 5.41) is 0. The quantitative estimate of drug-likeness (QED) is 0.180. The number of halogens is 1. The van der Waals surface area contributed by atoms with Crippen molar-refractivity contribution in [2.75, 3.05) is 33.0 Å². The molecule has 0 aliphatic rings. The number of unbranched alkanes of at least 4 members (excludes halogenated alkanes) is 3. The van der Waals surface area contributed by atoms with Crippen molar-refractivity contribution >= 4 is 9.47 Å². The third kappa shape index (κ3) is 13.3. The van der Waals surface area contributed by atoms with Gasteiger partial charge in [0.15, 0.2) is 12.5 Å². The van der Waals surface area contributed by atoms with Crippen molar-refractivity contribution in [2.24, 2.45) is 0 Å². The molecule has 0 aromatic heterocycles. The maximum atomic E-state index is 14.6. The molecule has 0 saturated carbocycles. The summed E-state index contributed by atoms with van der Waals surface area (Å²) in [5.41, 5.74) is 0. The fraction of sp³-hybridized carbons (Fsp3) is 1.00. The molecule has 0 amide bonds. The van der Waals surface area contributed by atoms with Gasteiger partial charge in [-0.3, -0.25) is 0 Å². The van der Waals surface area contributed by atoms with Crippen molar-refractivity contribution in [1.82, 2.24) is 0 Å². The largest absolute Gasteiger partial charge is 0.379 e. The molecule has 26 heavy (non-hydrogen) atoms. The van der Waals surface area contributed by atoms with Gasteiger partial charge in [0.05, 0.1) is 13.2 Å². The van der Waals surface area contributed by atoms with Crippen LogP contribution in [-0.4, -0.2) is 57.7 Å². The Labute approximate surface area is 161 Å². The van der Waals surface area contributed by atoms with Crippen LogP contribution in [0.4, 0.5) is 4.39 Å². The molecule has 0 heterocycles. The normalized spacial score (nSPS) is 16.4. The Bertz CT molecular complexity index is 299. The minimum absolute atomic E-state index is 0.00352. The van der Waals surface area contributed by atoms with E-state index < -0.39 is 18.6 Å². The highest BCUT2D eigenvalue weighted by molar-refractivity contribution is 7.09.